The van der Waals surface area contributed by atoms with Gasteiger partial charge in [-0.05, 0) is 19.2 Å². The van der Waals surface area contributed by atoms with E-state index in [1.54, 1.807) is 7.05 Å². The van der Waals surface area contributed by atoms with E-state index in [0.717, 1.165) is 11.2 Å². The number of nitrogens with one attached hydrogen (secondary N) is 1. The summed E-state index contributed by atoms with van der Waals surface area (Å²) in [5.74, 6) is 0.806. The van der Waals surface area contributed by atoms with Gasteiger partial charge in [-0.3, -0.25) is 0 Å². The molecule has 0 radical (unpaired) electrons. The van der Waals surface area contributed by atoms with Gasteiger partial charge in [-0.15, -0.1) is 0 Å². The van der Waals surface area contributed by atoms with Crippen LogP contribution in [0.3, 0.4) is 0 Å². The largest absolute Gasteiger partial charge is 0.491 e. The Morgan fingerprint density at radius 2 is 2.36 bits per heavy atom. The quantitative estimate of drug-likeness (QED) is 0.583. The molecule has 0 saturated carbocycles. The summed E-state index contributed by atoms with van der Waals surface area (Å²) in [5.41, 5.74) is 1.16. The van der Waals surface area contributed by atoms with E-state index < -0.39 is 6.10 Å². The SMILES string of the molecule is Bc1cccc(OCC(O)CNC)c1. The summed E-state index contributed by atoms with van der Waals surface area (Å²) >= 11 is 0. The highest BCUT2D eigenvalue weighted by Gasteiger charge is 2.02. The van der Waals surface area contributed by atoms with Crippen LogP contribution in [-0.2, 0) is 0 Å². The third kappa shape index (κ3) is 3.81. The van der Waals surface area contributed by atoms with E-state index >= 15 is 0 Å². The molecule has 4 heteroatoms. The van der Waals surface area contributed by atoms with Gasteiger partial charge in [0.15, 0.2) is 0 Å². The lowest BCUT2D eigenvalue weighted by molar-refractivity contribution is 0.108. The van der Waals surface area contributed by atoms with Crippen molar-refractivity contribution < 1.29 is 9.84 Å². The molecule has 0 saturated heterocycles. The Morgan fingerprint density at radius 3 is 3.00 bits per heavy atom. The van der Waals surface area contributed by atoms with Crippen LogP contribution in [0.15, 0.2) is 24.3 Å². The molecule has 0 aliphatic heterocycles. The van der Waals surface area contributed by atoms with Crippen LogP contribution in [-0.4, -0.2) is 39.3 Å². The Labute approximate surface area is 85.5 Å². The topological polar surface area (TPSA) is 41.5 Å². The fourth-order valence-corrected chi connectivity index (χ4v) is 1.19. The van der Waals surface area contributed by atoms with Crippen LogP contribution >= 0.6 is 0 Å². The summed E-state index contributed by atoms with van der Waals surface area (Å²) in [5, 5.41) is 12.3. The van der Waals surface area contributed by atoms with Crippen molar-refractivity contribution in [2.75, 3.05) is 20.2 Å². The summed E-state index contributed by atoms with van der Waals surface area (Å²) < 4.78 is 5.41. The number of hydrogen-bond donors (Lipinski definition) is 2. The van der Waals surface area contributed by atoms with Gasteiger partial charge in [-0.25, -0.2) is 0 Å². The molecular weight excluding hydrogens is 177 g/mol. The van der Waals surface area contributed by atoms with Crippen molar-refractivity contribution in [3.8, 4) is 5.75 Å². The highest BCUT2D eigenvalue weighted by Crippen LogP contribution is 2.06. The summed E-state index contributed by atoms with van der Waals surface area (Å²) in [4.78, 5) is 0. The Bertz CT molecular complexity index is 281. The highest BCUT2D eigenvalue weighted by atomic mass is 16.5. The maximum absolute atomic E-state index is 9.39. The van der Waals surface area contributed by atoms with Crippen molar-refractivity contribution in [3.05, 3.63) is 24.3 Å². The Morgan fingerprint density at radius 1 is 1.57 bits per heavy atom. The van der Waals surface area contributed by atoms with Crippen LogP contribution in [0.2, 0.25) is 0 Å². The second-order valence-corrected chi connectivity index (χ2v) is 3.34. The summed E-state index contributed by atoms with van der Waals surface area (Å²) in [6.07, 6.45) is -0.458. The molecule has 1 atom stereocenters. The number of ether oxygens (including phenoxy) is 1. The first-order chi connectivity index (χ1) is 6.72. The number of benzene rings is 1. The molecule has 0 spiro atoms. The number of aliphatic hydroxyl groups excluding tert-OH is 1. The molecule has 1 aromatic rings. The van der Waals surface area contributed by atoms with Crippen LogP contribution in [0.25, 0.3) is 0 Å². The molecule has 1 aromatic carbocycles. The van der Waals surface area contributed by atoms with Crippen LogP contribution in [0.5, 0.6) is 5.75 Å². The molecule has 76 valence electrons. The van der Waals surface area contributed by atoms with Crippen molar-refractivity contribution in [2.45, 2.75) is 6.10 Å². The lowest BCUT2D eigenvalue weighted by Gasteiger charge is -2.11. The molecule has 0 aliphatic carbocycles. The zero-order valence-corrected chi connectivity index (χ0v) is 8.66. The second kappa shape index (κ2) is 5.68. The van der Waals surface area contributed by atoms with Gasteiger partial charge in [0, 0.05) is 6.54 Å². The monoisotopic (exact) mass is 193 g/mol. The first-order valence-electron chi connectivity index (χ1n) is 4.74. The molecule has 3 nitrogen and oxygen atoms in total. The number of aliphatic hydroxyl groups is 1. The minimum absolute atomic E-state index is 0.324. The minimum atomic E-state index is -0.458. The van der Waals surface area contributed by atoms with Gasteiger partial charge < -0.3 is 15.2 Å². The van der Waals surface area contributed by atoms with Crippen LogP contribution in [0.4, 0.5) is 0 Å². The average Bonchev–Trinajstić information content (AvgIpc) is 2.15. The fraction of sp³-hybridized carbons (Fsp3) is 0.400. The van der Waals surface area contributed by atoms with Crippen molar-refractivity contribution in [1.29, 1.82) is 0 Å². The van der Waals surface area contributed by atoms with Gasteiger partial charge in [0.2, 0.25) is 0 Å². The van der Waals surface area contributed by atoms with E-state index in [0.29, 0.717) is 13.2 Å². The molecule has 0 bridgehead atoms. The molecule has 14 heavy (non-hydrogen) atoms. The van der Waals surface area contributed by atoms with Gasteiger partial charge in [0.1, 0.15) is 26.3 Å². The van der Waals surface area contributed by atoms with E-state index in [2.05, 4.69) is 5.32 Å². The predicted octanol–water partition coefficient (Wildman–Crippen LogP) is -1.10. The zero-order chi connectivity index (χ0) is 10.4. The summed E-state index contributed by atoms with van der Waals surface area (Å²) in [7, 11) is 3.81. The second-order valence-electron chi connectivity index (χ2n) is 3.34. The Hall–Kier alpha value is -0.995. The third-order valence-corrected chi connectivity index (χ3v) is 1.87. The lowest BCUT2D eigenvalue weighted by Crippen LogP contribution is -2.29. The smallest absolute Gasteiger partial charge is 0.139 e. The van der Waals surface area contributed by atoms with Crippen molar-refractivity contribution in [3.63, 3.8) is 0 Å². The molecule has 0 amide bonds. The lowest BCUT2D eigenvalue weighted by atomic mass is 9.96. The number of likely N-dealkylation sites (N-methyl/N-ethyl adjacent to an activating group) is 1. The van der Waals surface area contributed by atoms with E-state index in [1.807, 2.05) is 32.1 Å². The van der Waals surface area contributed by atoms with E-state index in [-0.39, 0.29) is 0 Å². The predicted molar refractivity (Wildman–Crippen MR) is 60.0 cm³/mol. The number of rotatable bonds is 5. The zero-order valence-electron chi connectivity index (χ0n) is 8.66. The van der Waals surface area contributed by atoms with Gasteiger partial charge in [-0.1, -0.05) is 17.6 Å². The van der Waals surface area contributed by atoms with E-state index in [4.69, 9.17) is 4.74 Å². The Kier molecular flexibility index (Phi) is 4.49. The van der Waals surface area contributed by atoms with Crippen molar-refractivity contribution in [2.24, 2.45) is 0 Å². The highest BCUT2D eigenvalue weighted by molar-refractivity contribution is 6.32. The Balaban J connectivity index is 2.37. The van der Waals surface area contributed by atoms with Crippen LogP contribution in [0, 0.1) is 0 Å². The van der Waals surface area contributed by atoms with Gasteiger partial charge in [0.25, 0.3) is 0 Å². The standard InChI is InChI=1S/C10H16BNO2/c1-12-6-9(13)7-14-10-4-2-3-8(11)5-10/h2-5,9,12-13H,6-7,11H2,1H3. The molecule has 0 aromatic heterocycles. The van der Waals surface area contributed by atoms with Crippen molar-refractivity contribution >= 4 is 13.3 Å². The van der Waals surface area contributed by atoms with E-state index in [1.165, 1.54) is 0 Å². The first kappa shape index (κ1) is 11.1. The fourth-order valence-electron chi connectivity index (χ4n) is 1.19. The molecule has 1 unspecified atom stereocenters. The first-order valence-corrected chi connectivity index (χ1v) is 4.74. The van der Waals surface area contributed by atoms with Crippen LogP contribution in [0.1, 0.15) is 0 Å². The van der Waals surface area contributed by atoms with Gasteiger partial charge in [-0.2, -0.15) is 0 Å². The molecule has 0 aliphatic rings. The minimum Gasteiger partial charge on any atom is -0.491 e. The maximum Gasteiger partial charge on any atom is 0.139 e. The molecular formula is C10H16BNO2. The van der Waals surface area contributed by atoms with Gasteiger partial charge in [0.05, 0.1) is 0 Å². The van der Waals surface area contributed by atoms with Crippen LogP contribution < -0.4 is 15.5 Å². The normalized spacial score (nSPS) is 12.4. The molecule has 2 N–H and O–H groups in total. The average molecular weight is 193 g/mol. The number of hydrogen-bond acceptors (Lipinski definition) is 3. The molecule has 0 heterocycles. The van der Waals surface area contributed by atoms with Gasteiger partial charge >= 0.3 is 0 Å². The molecule has 0 fully saturated rings. The molecule has 1 rings (SSSR count). The summed E-state index contributed by atoms with van der Waals surface area (Å²) in [6, 6.07) is 7.79. The van der Waals surface area contributed by atoms with E-state index in [9.17, 15) is 5.11 Å². The van der Waals surface area contributed by atoms with Crippen molar-refractivity contribution in [1.82, 2.24) is 5.32 Å². The maximum atomic E-state index is 9.39. The third-order valence-electron chi connectivity index (χ3n) is 1.87. The summed E-state index contributed by atoms with van der Waals surface area (Å²) in [6.45, 7) is 0.871.